The highest BCUT2D eigenvalue weighted by atomic mass is 35.5. The van der Waals surface area contributed by atoms with Gasteiger partial charge in [-0.3, -0.25) is 0 Å². The zero-order chi connectivity index (χ0) is 15.8. The van der Waals surface area contributed by atoms with Crippen molar-refractivity contribution in [1.82, 2.24) is 4.31 Å². The van der Waals surface area contributed by atoms with Crippen LogP contribution < -0.4 is 0 Å². The van der Waals surface area contributed by atoms with Gasteiger partial charge in [0, 0.05) is 19.7 Å². The van der Waals surface area contributed by atoms with Crippen molar-refractivity contribution in [3.8, 4) is 0 Å². The van der Waals surface area contributed by atoms with E-state index in [-0.39, 0.29) is 25.6 Å². The lowest BCUT2D eigenvalue weighted by Gasteiger charge is -2.18. The number of nitrogens with zero attached hydrogens (tertiary/aromatic N) is 1. The van der Waals surface area contributed by atoms with Crippen molar-refractivity contribution in [2.45, 2.75) is 17.5 Å². The van der Waals surface area contributed by atoms with E-state index < -0.39 is 31.7 Å². The van der Waals surface area contributed by atoms with E-state index in [1.807, 2.05) is 0 Å². The first-order valence-electron chi connectivity index (χ1n) is 6.14. The number of aliphatic hydroxyl groups excluding tert-OH is 1. The fourth-order valence-electron chi connectivity index (χ4n) is 2.20. The van der Waals surface area contributed by atoms with Gasteiger partial charge in [-0.05, 0) is 30.5 Å². The van der Waals surface area contributed by atoms with E-state index in [4.69, 9.17) is 16.7 Å². The average molecular weight is 344 g/mol. The number of halogens is 4. The molecule has 1 N–H and O–H groups in total. The summed E-state index contributed by atoms with van der Waals surface area (Å²) in [5.74, 6) is -0.186. The normalized spacial score (nSPS) is 20.9. The third-order valence-electron chi connectivity index (χ3n) is 3.39. The zero-order valence-corrected chi connectivity index (χ0v) is 12.3. The highest BCUT2D eigenvalue weighted by Crippen LogP contribution is 2.36. The molecule has 0 aromatic heterocycles. The lowest BCUT2D eigenvalue weighted by molar-refractivity contribution is -0.137. The average Bonchev–Trinajstić information content (AvgIpc) is 2.87. The molecule has 0 saturated carbocycles. The van der Waals surface area contributed by atoms with Crippen LogP contribution in [0.5, 0.6) is 0 Å². The van der Waals surface area contributed by atoms with Crippen molar-refractivity contribution in [3.63, 3.8) is 0 Å². The summed E-state index contributed by atoms with van der Waals surface area (Å²) in [6.45, 7) is 0.126. The minimum absolute atomic E-state index is 0.100. The molecule has 1 atom stereocenters. The number of hydrogen-bond acceptors (Lipinski definition) is 3. The van der Waals surface area contributed by atoms with Gasteiger partial charge in [-0.25, -0.2) is 8.42 Å². The Morgan fingerprint density at radius 1 is 1.38 bits per heavy atom. The molecule has 2 rings (SSSR count). The largest absolute Gasteiger partial charge is 0.417 e. The molecule has 118 valence electrons. The lowest BCUT2D eigenvalue weighted by Crippen LogP contribution is -2.29. The van der Waals surface area contributed by atoms with Crippen LogP contribution >= 0.6 is 11.6 Å². The Balaban J connectivity index is 2.38. The molecule has 1 aliphatic rings. The first-order valence-corrected chi connectivity index (χ1v) is 7.96. The molecule has 9 heteroatoms. The Kier molecular flexibility index (Phi) is 4.53. The Labute approximate surface area is 125 Å². The minimum atomic E-state index is -4.72. The fraction of sp³-hybridized carbons (Fsp3) is 0.500. The number of benzene rings is 1. The quantitative estimate of drug-likeness (QED) is 0.916. The summed E-state index contributed by atoms with van der Waals surface area (Å²) in [5, 5.41) is 8.47. The van der Waals surface area contributed by atoms with Crippen molar-refractivity contribution in [2.75, 3.05) is 19.7 Å². The molecule has 0 spiro atoms. The van der Waals surface area contributed by atoms with E-state index in [0.717, 1.165) is 16.4 Å². The van der Waals surface area contributed by atoms with Crippen LogP contribution in [0.15, 0.2) is 23.1 Å². The number of sulfonamides is 1. The van der Waals surface area contributed by atoms with Gasteiger partial charge in [-0.1, -0.05) is 11.6 Å². The second kappa shape index (κ2) is 5.75. The molecule has 0 amide bonds. The maximum atomic E-state index is 12.8. The van der Waals surface area contributed by atoms with Crippen LogP contribution in [0.1, 0.15) is 12.0 Å². The molecule has 1 unspecified atom stereocenters. The molecule has 21 heavy (non-hydrogen) atoms. The van der Waals surface area contributed by atoms with E-state index >= 15 is 0 Å². The second-order valence-electron chi connectivity index (χ2n) is 4.84. The molecule has 1 saturated heterocycles. The van der Waals surface area contributed by atoms with Crippen LogP contribution in [0.4, 0.5) is 13.2 Å². The van der Waals surface area contributed by atoms with Crippen LogP contribution in [-0.4, -0.2) is 37.5 Å². The standard InChI is InChI=1S/C12H13ClF3NO3S/c13-11-2-1-9(5-10(11)12(14,15)16)21(19,20)17-4-3-8(6-17)7-18/h1-2,5,8,18H,3-4,6-7H2. The number of rotatable bonds is 3. The Morgan fingerprint density at radius 3 is 2.57 bits per heavy atom. The Bertz CT molecular complexity index is 633. The van der Waals surface area contributed by atoms with E-state index in [0.29, 0.717) is 12.5 Å². The van der Waals surface area contributed by atoms with E-state index in [2.05, 4.69) is 0 Å². The van der Waals surface area contributed by atoms with Gasteiger partial charge in [-0.15, -0.1) is 0 Å². The monoisotopic (exact) mass is 343 g/mol. The first-order chi connectivity index (χ1) is 9.66. The topological polar surface area (TPSA) is 57.6 Å². The van der Waals surface area contributed by atoms with Gasteiger partial charge in [0.1, 0.15) is 0 Å². The molecule has 0 bridgehead atoms. The smallest absolute Gasteiger partial charge is 0.396 e. The molecule has 1 aliphatic heterocycles. The SMILES string of the molecule is O=S(=O)(c1ccc(Cl)c(C(F)(F)F)c1)N1CCC(CO)C1. The van der Waals surface area contributed by atoms with Crippen LogP contribution in [0.25, 0.3) is 0 Å². The number of alkyl halides is 3. The van der Waals surface area contributed by atoms with Crippen LogP contribution in [0.3, 0.4) is 0 Å². The van der Waals surface area contributed by atoms with Gasteiger partial charge >= 0.3 is 6.18 Å². The molecule has 0 radical (unpaired) electrons. The maximum absolute atomic E-state index is 12.8. The molecular weight excluding hydrogens is 331 g/mol. The molecule has 4 nitrogen and oxygen atoms in total. The zero-order valence-electron chi connectivity index (χ0n) is 10.8. The van der Waals surface area contributed by atoms with Crippen molar-refractivity contribution in [3.05, 3.63) is 28.8 Å². The van der Waals surface area contributed by atoms with Crippen molar-refractivity contribution in [2.24, 2.45) is 5.92 Å². The number of hydrogen-bond donors (Lipinski definition) is 1. The minimum Gasteiger partial charge on any atom is -0.396 e. The summed E-state index contributed by atoms with van der Waals surface area (Å²) in [6.07, 6.45) is -4.24. The predicted octanol–water partition coefficient (Wildman–Crippen LogP) is 2.36. The van der Waals surface area contributed by atoms with E-state index in [1.54, 1.807) is 0 Å². The predicted molar refractivity (Wildman–Crippen MR) is 70.4 cm³/mol. The summed E-state index contributed by atoms with van der Waals surface area (Å²) in [4.78, 5) is -0.446. The molecule has 1 aromatic carbocycles. The van der Waals surface area contributed by atoms with Crippen LogP contribution in [0.2, 0.25) is 5.02 Å². The second-order valence-corrected chi connectivity index (χ2v) is 7.18. The summed E-state index contributed by atoms with van der Waals surface area (Å²) in [6, 6.07) is 2.53. The maximum Gasteiger partial charge on any atom is 0.417 e. The molecule has 1 heterocycles. The van der Waals surface area contributed by atoms with E-state index in [9.17, 15) is 21.6 Å². The van der Waals surface area contributed by atoms with Crippen molar-refractivity contribution in [1.29, 1.82) is 0 Å². The van der Waals surface area contributed by atoms with E-state index in [1.165, 1.54) is 0 Å². The van der Waals surface area contributed by atoms with Gasteiger partial charge in [0.2, 0.25) is 10.0 Å². The highest BCUT2D eigenvalue weighted by molar-refractivity contribution is 7.89. The van der Waals surface area contributed by atoms with Gasteiger partial charge in [-0.2, -0.15) is 17.5 Å². The fourth-order valence-corrected chi connectivity index (χ4v) is 3.98. The third kappa shape index (κ3) is 3.33. The van der Waals surface area contributed by atoms with Crippen molar-refractivity contribution < 1.29 is 26.7 Å². The summed E-state index contributed by atoms with van der Waals surface area (Å²) < 4.78 is 64.1. The highest BCUT2D eigenvalue weighted by Gasteiger charge is 2.37. The Hall–Kier alpha value is -0.830. The van der Waals surface area contributed by atoms with Gasteiger partial charge in [0.15, 0.2) is 0 Å². The van der Waals surface area contributed by atoms with Crippen molar-refractivity contribution >= 4 is 21.6 Å². The van der Waals surface area contributed by atoms with Gasteiger partial charge in [0.25, 0.3) is 0 Å². The first kappa shape index (κ1) is 16.5. The lowest BCUT2D eigenvalue weighted by atomic mass is 10.1. The molecule has 0 aliphatic carbocycles. The Morgan fingerprint density at radius 2 is 2.05 bits per heavy atom. The molecule has 1 fully saturated rings. The summed E-state index contributed by atoms with van der Waals surface area (Å²) in [7, 11) is -4.02. The molecular formula is C12H13ClF3NO3S. The number of aliphatic hydroxyl groups is 1. The molecule has 1 aromatic rings. The summed E-state index contributed by atoms with van der Waals surface area (Å²) >= 11 is 5.47. The van der Waals surface area contributed by atoms with Gasteiger partial charge in [0.05, 0.1) is 15.5 Å². The third-order valence-corrected chi connectivity index (χ3v) is 5.58. The summed E-state index contributed by atoms with van der Waals surface area (Å²) in [5.41, 5.74) is -1.18. The van der Waals surface area contributed by atoms with Gasteiger partial charge < -0.3 is 5.11 Å². The van der Waals surface area contributed by atoms with Crippen LogP contribution in [-0.2, 0) is 16.2 Å². The van der Waals surface area contributed by atoms with Crippen LogP contribution in [0, 0.1) is 5.92 Å².